The van der Waals surface area contributed by atoms with Crippen molar-refractivity contribution in [2.75, 3.05) is 12.3 Å². The molecule has 0 saturated carbocycles. The summed E-state index contributed by atoms with van der Waals surface area (Å²) in [6, 6.07) is -0.376. The lowest BCUT2D eigenvalue weighted by Gasteiger charge is -2.18. The summed E-state index contributed by atoms with van der Waals surface area (Å²) >= 11 is 1.14. The number of nitrogens with one attached hydrogen (secondary N) is 2. The van der Waals surface area contributed by atoms with E-state index in [1.54, 1.807) is 0 Å². The molecule has 0 radical (unpaired) electrons. The van der Waals surface area contributed by atoms with E-state index >= 15 is 0 Å². The van der Waals surface area contributed by atoms with E-state index in [1.807, 2.05) is 6.92 Å². The molecule has 1 aliphatic rings. The molecule has 0 aromatic heterocycles. The average Bonchev–Trinajstić information content (AvgIpc) is 2.64. The number of thioether (sulfide) groups is 1. The van der Waals surface area contributed by atoms with Crippen molar-refractivity contribution in [2.24, 2.45) is 5.73 Å². The van der Waals surface area contributed by atoms with Crippen LogP contribution in [0.2, 0.25) is 0 Å². The highest BCUT2D eigenvalue weighted by Crippen LogP contribution is 2.13. The number of rotatable bonds is 5. The van der Waals surface area contributed by atoms with E-state index in [4.69, 9.17) is 5.73 Å². The highest BCUT2D eigenvalue weighted by molar-refractivity contribution is 8.14. The lowest BCUT2D eigenvalue weighted by atomic mass is 10.1. The zero-order valence-corrected chi connectivity index (χ0v) is 9.60. The Hall–Kier alpha value is -0.750. The van der Waals surface area contributed by atoms with Crippen molar-refractivity contribution in [1.82, 2.24) is 10.6 Å². The van der Waals surface area contributed by atoms with Gasteiger partial charge in [0.2, 0.25) is 5.91 Å². The molecule has 2 amide bonds. The monoisotopic (exact) mass is 231 g/mol. The molecular formula is C9H17N3O2S. The van der Waals surface area contributed by atoms with Crippen LogP contribution in [-0.4, -0.2) is 35.5 Å². The summed E-state index contributed by atoms with van der Waals surface area (Å²) in [5.74, 6) is 0.380. The van der Waals surface area contributed by atoms with E-state index in [2.05, 4.69) is 10.6 Å². The van der Waals surface area contributed by atoms with Crippen LogP contribution in [0.3, 0.4) is 0 Å². The third-order valence-corrected chi connectivity index (χ3v) is 3.14. The van der Waals surface area contributed by atoms with Crippen LogP contribution in [0.15, 0.2) is 0 Å². The molecule has 2 unspecified atom stereocenters. The molecular weight excluding hydrogens is 214 g/mol. The highest BCUT2D eigenvalue weighted by Gasteiger charge is 2.28. The Labute approximate surface area is 93.5 Å². The minimum Gasteiger partial charge on any atom is -0.350 e. The van der Waals surface area contributed by atoms with Gasteiger partial charge in [0.05, 0.1) is 0 Å². The van der Waals surface area contributed by atoms with Crippen molar-refractivity contribution in [1.29, 1.82) is 0 Å². The number of nitrogens with two attached hydrogens (primary N) is 1. The van der Waals surface area contributed by atoms with Gasteiger partial charge in [0.1, 0.15) is 6.04 Å². The molecule has 1 saturated heterocycles. The predicted molar refractivity (Wildman–Crippen MR) is 60.7 cm³/mol. The van der Waals surface area contributed by atoms with Crippen LogP contribution in [0.25, 0.3) is 0 Å². The standard InChI is InChI=1S/C9H17N3O2S/c1-2-3-6(4-10)11-8(13)7-5-15-9(14)12-7/h6-7H,2-5,10H2,1H3,(H,11,13)(H,12,14). The van der Waals surface area contributed by atoms with Gasteiger partial charge in [0.15, 0.2) is 0 Å². The predicted octanol–water partition coefficient (Wildman–Crippen LogP) is 0.0550. The van der Waals surface area contributed by atoms with Gasteiger partial charge < -0.3 is 16.4 Å². The Bertz CT molecular complexity index is 248. The molecule has 0 aromatic carbocycles. The van der Waals surface area contributed by atoms with Crippen LogP contribution >= 0.6 is 11.8 Å². The normalized spacial score (nSPS) is 22.3. The minimum atomic E-state index is -0.395. The lowest BCUT2D eigenvalue weighted by molar-refractivity contribution is -0.122. The molecule has 6 heteroatoms. The summed E-state index contributed by atoms with van der Waals surface area (Å²) in [6.45, 7) is 2.48. The van der Waals surface area contributed by atoms with E-state index in [9.17, 15) is 9.59 Å². The van der Waals surface area contributed by atoms with Crippen molar-refractivity contribution in [2.45, 2.75) is 31.8 Å². The Morgan fingerprint density at radius 2 is 2.53 bits per heavy atom. The molecule has 0 aliphatic carbocycles. The molecule has 2 atom stereocenters. The van der Waals surface area contributed by atoms with Gasteiger partial charge in [-0.1, -0.05) is 25.1 Å². The quantitative estimate of drug-likeness (QED) is 0.624. The van der Waals surface area contributed by atoms with Gasteiger partial charge in [-0.15, -0.1) is 0 Å². The zero-order chi connectivity index (χ0) is 11.3. The molecule has 1 rings (SSSR count). The van der Waals surface area contributed by atoms with Gasteiger partial charge in [0.25, 0.3) is 5.24 Å². The zero-order valence-electron chi connectivity index (χ0n) is 8.79. The third kappa shape index (κ3) is 3.71. The Balaban J connectivity index is 2.36. The fraction of sp³-hybridized carbons (Fsp3) is 0.778. The SMILES string of the molecule is CCCC(CN)NC(=O)C1CSC(=O)N1. The van der Waals surface area contributed by atoms with E-state index in [0.29, 0.717) is 12.3 Å². The maximum Gasteiger partial charge on any atom is 0.279 e. The second-order valence-corrected chi connectivity index (χ2v) is 4.52. The first-order valence-electron chi connectivity index (χ1n) is 5.11. The summed E-state index contributed by atoms with van der Waals surface area (Å²) in [7, 11) is 0. The van der Waals surface area contributed by atoms with Crippen LogP contribution in [0.5, 0.6) is 0 Å². The van der Waals surface area contributed by atoms with Crippen molar-refractivity contribution in [3.63, 3.8) is 0 Å². The summed E-state index contributed by atoms with van der Waals surface area (Å²) in [4.78, 5) is 22.5. The smallest absolute Gasteiger partial charge is 0.279 e. The molecule has 0 spiro atoms. The third-order valence-electron chi connectivity index (χ3n) is 2.26. The van der Waals surface area contributed by atoms with Crippen LogP contribution in [0.4, 0.5) is 4.79 Å². The Morgan fingerprint density at radius 3 is 3.00 bits per heavy atom. The van der Waals surface area contributed by atoms with Gasteiger partial charge >= 0.3 is 0 Å². The van der Waals surface area contributed by atoms with Gasteiger partial charge in [0, 0.05) is 18.3 Å². The van der Waals surface area contributed by atoms with E-state index in [1.165, 1.54) is 0 Å². The first-order chi connectivity index (χ1) is 7.17. The largest absolute Gasteiger partial charge is 0.350 e. The van der Waals surface area contributed by atoms with Gasteiger partial charge in [-0.25, -0.2) is 0 Å². The number of hydrogen-bond donors (Lipinski definition) is 3. The van der Waals surface area contributed by atoms with Gasteiger partial charge in [-0.2, -0.15) is 0 Å². The number of carbonyl (C=O) groups excluding carboxylic acids is 2. The summed E-state index contributed by atoms with van der Waals surface area (Å²) < 4.78 is 0. The number of carbonyl (C=O) groups is 2. The molecule has 4 N–H and O–H groups in total. The highest BCUT2D eigenvalue weighted by atomic mass is 32.2. The van der Waals surface area contributed by atoms with Crippen LogP contribution < -0.4 is 16.4 Å². The van der Waals surface area contributed by atoms with E-state index in [-0.39, 0.29) is 17.2 Å². The number of hydrogen-bond acceptors (Lipinski definition) is 4. The van der Waals surface area contributed by atoms with Crippen LogP contribution in [0, 0.1) is 0 Å². The van der Waals surface area contributed by atoms with Crippen molar-refractivity contribution >= 4 is 22.9 Å². The molecule has 1 aliphatic heterocycles. The molecule has 0 bridgehead atoms. The first-order valence-corrected chi connectivity index (χ1v) is 6.09. The topological polar surface area (TPSA) is 84.2 Å². The van der Waals surface area contributed by atoms with Crippen LogP contribution in [0.1, 0.15) is 19.8 Å². The van der Waals surface area contributed by atoms with Crippen LogP contribution in [-0.2, 0) is 4.79 Å². The number of amides is 2. The van der Waals surface area contributed by atoms with Gasteiger partial charge in [-0.05, 0) is 6.42 Å². The summed E-state index contributed by atoms with van der Waals surface area (Å²) in [5, 5.41) is 5.30. The second kappa shape index (κ2) is 5.97. The van der Waals surface area contributed by atoms with Gasteiger partial charge in [-0.3, -0.25) is 9.59 Å². The maximum absolute atomic E-state index is 11.6. The van der Waals surface area contributed by atoms with Crippen molar-refractivity contribution in [3.05, 3.63) is 0 Å². The average molecular weight is 231 g/mol. The Kier molecular flexibility index (Phi) is 4.90. The molecule has 1 fully saturated rings. The molecule has 86 valence electrons. The van der Waals surface area contributed by atoms with E-state index < -0.39 is 6.04 Å². The van der Waals surface area contributed by atoms with Crippen molar-refractivity contribution < 1.29 is 9.59 Å². The molecule has 5 nitrogen and oxygen atoms in total. The first kappa shape index (κ1) is 12.3. The van der Waals surface area contributed by atoms with E-state index in [0.717, 1.165) is 24.6 Å². The lowest BCUT2D eigenvalue weighted by Crippen LogP contribution is -2.49. The molecule has 15 heavy (non-hydrogen) atoms. The fourth-order valence-corrected chi connectivity index (χ4v) is 2.20. The fourth-order valence-electron chi connectivity index (χ4n) is 1.43. The minimum absolute atomic E-state index is 0.0185. The summed E-state index contributed by atoms with van der Waals surface area (Å²) in [6.07, 6.45) is 1.85. The second-order valence-electron chi connectivity index (χ2n) is 3.53. The van der Waals surface area contributed by atoms with Crippen molar-refractivity contribution in [3.8, 4) is 0 Å². The molecule has 1 heterocycles. The maximum atomic E-state index is 11.6. The summed E-state index contributed by atoms with van der Waals surface area (Å²) in [5.41, 5.74) is 5.53. The Morgan fingerprint density at radius 1 is 1.80 bits per heavy atom. The molecule has 0 aromatic rings.